The molecule has 1 saturated heterocycles. The van der Waals surface area contributed by atoms with Crippen LogP contribution in [0.3, 0.4) is 0 Å². The minimum absolute atomic E-state index is 0.0634. The number of piperidine rings is 1. The quantitative estimate of drug-likeness (QED) is 0.813. The average Bonchev–Trinajstić information content (AvgIpc) is 2.68. The van der Waals surface area contributed by atoms with E-state index in [1.54, 1.807) is 12.1 Å². The van der Waals surface area contributed by atoms with E-state index in [0.29, 0.717) is 31.5 Å². The third-order valence-electron chi connectivity index (χ3n) is 4.66. The molecule has 1 amide bonds. The first-order valence-corrected chi connectivity index (χ1v) is 9.83. The van der Waals surface area contributed by atoms with Crippen LogP contribution in [0.25, 0.3) is 0 Å². The van der Waals surface area contributed by atoms with Gasteiger partial charge in [0.05, 0.1) is 4.90 Å². The zero-order chi connectivity index (χ0) is 18.7. The topological polar surface area (TPSA) is 97.5 Å². The van der Waals surface area contributed by atoms with Crippen molar-refractivity contribution in [2.24, 2.45) is 11.7 Å². The van der Waals surface area contributed by atoms with Crippen LogP contribution >= 0.6 is 0 Å². The Morgan fingerprint density at radius 3 is 2.00 bits per heavy atom. The minimum atomic E-state index is -3.65. The highest BCUT2D eigenvalue weighted by Crippen LogP contribution is 2.26. The van der Waals surface area contributed by atoms with Crippen molar-refractivity contribution in [2.45, 2.75) is 17.7 Å². The lowest BCUT2D eigenvalue weighted by atomic mass is 9.90. The molecule has 136 valence electrons. The Labute approximate surface area is 152 Å². The number of primary amides is 1. The van der Waals surface area contributed by atoms with E-state index in [1.807, 2.05) is 18.2 Å². The van der Waals surface area contributed by atoms with Crippen molar-refractivity contribution in [2.75, 3.05) is 13.1 Å². The van der Waals surface area contributed by atoms with E-state index in [1.165, 1.54) is 28.6 Å². The van der Waals surface area contributed by atoms with Gasteiger partial charge in [-0.25, -0.2) is 8.42 Å². The molecule has 1 heterocycles. The van der Waals surface area contributed by atoms with Gasteiger partial charge in [0.15, 0.2) is 5.78 Å². The number of hydrogen-bond donors (Lipinski definition) is 1. The zero-order valence-electron chi connectivity index (χ0n) is 14.2. The zero-order valence-corrected chi connectivity index (χ0v) is 15.0. The smallest absolute Gasteiger partial charge is 0.248 e. The van der Waals surface area contributed by atoms with Crippen molar-refractivity contribution in [1.29, 1.82) is 0 Å². The van der Waals surface area contributed by atoms with Crippen LogP contribution in [0.2, 0.25) is 0 Å². The van der Waals surface area contributed by atoms with Crippen molar-refractivity contribution < 1.29 is 18.0 Å². The second kappa shape index (κ2) is 7.39. The standard InChI is InChI=1S/C19H20N2O4S/c20-19(23)16-6-8-17(9-7-16)26(24,25)21-12-10-15(11-13-21)18(22)14-4-2-1-3-5-14/h1-9,15H,10-13H2,(H2,20,23). The lowest BCUT2D eigenvalue weighted by Crippen LogP contribution is -2.40. The molecule has 0 atom stereocenters. The fraction of sp³-hybridized carbons (Fsp3) is 0.263. The molecule has 1 fully saturated rings. The van der Waals surface area contributed by atoms with Gasteiger partial charge in [-0.05, 0) is 37.1 Å². The highest BCUT2D eigenvalue weighted by Gasteiger charge is 2.32. The molecule has 0 unspecified atom stereocenters. The molecule has 7 heteroatoms. The molecule has 0 bridgehead atoms. The van der Waals surface area contributed by atoms with Gasteiger partial charge in [0, 0.05) is 30.1 Å². The third kappa shape index (κ3) is 3.68. The van der Waals surface area contributed by atoms with Crippen molar-refractivity contribution in [3.8, 4) is 0 Å². The van der Waals surface area contributed by atoms with Gasteiger partial charge in [0.25, 0.3) is 0 Å². The average molecular weight is 372 g/mol. The summed E-state index contributed by atoms with van der Waals surface area (Å²) in [6, 6.07) is 14.6. The van der Waals surface area contributed by atoms with Gasteiger partial charge in [-0.3, -0.25) is 9.59 Å². The monoisotopic (exact) mass is 372 g/mol. The van der Waals surface area contributed by atoms with Gasteiger partial charge >= 0.3 is 0 Å². The lowest BCUT2D eigenvalue weighted by Gasteiger charge is -2.30. The number of amides is 1. The van der Waals surface area contributed by atoms with E-state index in [-0.39, 0.29) is 22.2 Å². The summed E-state index contributed by atoms with van der Waals surface area (Å²) in [6.45, 7) is 0.590. The van der Waals surface area contributed by atoms with Gasteiger partial charge in [-0.15, -0.1) is 0 Å². The van der Waals surface area contributed by atoms with Gasteiger partial charge in [-0.1, -0.05) is 30.3 Å². The molecule has 0 aromatic heterocycles. The maximum absolute atomic E-state index is 12.7. The number of carbonyl (C=O) groups excluding carboxylic acids is 2. The number of nitrogens with zero attached hydrogens (tertiary/aromatic N) is 1. The highest BCUT2D eigenvalue weighted by molar-refractivity contribution is 7.89. The first kappa shape index (κ1) is 18.3. The molecule has 6 nitrogen and oxygen atoms in total. The number of carbonyl (C=O) groups is 2. The minimum Gasteiger partial charge on any atom is -0.366 e. The van der Waals surface area contributed by atoms with Crippen molar-refractivity contribution >= 4 is 21.7 Å². The van der Waals surface area contributed by atoms with E-state index in [0.717, 1.165) is 0 Å². The van der Waals surface area contributed by atoms with Crippen LogP contribution in [0, 0.1) is 5.92 Å². The molecule has 26 heavy (non-hydrogen) atoms. The third-order valence-corrected chi connectivity index (χ3v) is 6.57. The lowest BCUT2D eigenvalue weighted by molar-refractivity contribution is 0.0875. The molecule has 0 aliphatic carbocycles. The fourth-order valence-corrected chi connectivity index (χ4v) is 4.61. The van der Waals surface area contributed by atoms with Crippen LogP contribution in [0.15, 0.2) is 59.5 Å². The van der Waals surface area contributed by atoms with Crippen molar-refractivity contribution in [3.63, 3.8) is 0 Å². The maximum Gasteiger partial charge on any atom is 0.248 e. The predicted molar refractivity (Wildman–Crippen MR) is 97.2 cm³/mol. The van der Waals surface area contributed by atoms with E-state index in [2.05, 4.69) is 0 Å². The number of ketones is 1. The molecule has 2 aromatic carbocycles. The van der Waals surface area contributed by atoms with Crippen LogP contribution in [0.4, 0.5) is 0 Å². The number of rotatable bonds is 5. The summed E-state index contributed by atoms with van der Waals surface area (Å²) in [5, 5.41) is 0. The van der Waals surface area contributed by atoms with E-state index in [9.17, 15) is 18.0 Å². The Hall–Kier alpha value is -2.51. The van der Waals surface area contributed by atoms with Crippen LogP contribution in [0.5, 0.6) is 0 Å². The summed E-state index contributed by atoms with van der Waals surface area (Å²) in [6.07, 6.45) is 0.985. The number of Topliss-reactive ketones (excluding diaryl/α,β-unsaturated/α-hetero) is 1. The Balaban J connectivity index is 1.68. The number of benzene rings is 2. The van der Waals surface area contributed by atoms with E-state index in [4.69, 9.17) is 5.73 Å². The normalized spacial score (nSPS) is 16.3. The molecule has 0 saturated carbocycles. The predicted octanol–water partition coefficient (Wildman–Crippen LogP) is 2.07. The Morgan fingerprint density at radius 1 is 0.885 bits per heavy atom. The van der Waals surface area contributed by atoms with Crippen molar-refractivity contribution in [1.82, 2.24) is 4.31 Å². The summed E-state index contributed by atoms with van der Waals surface area (Å²) in [5.41, 5.74) is 6.10. The molecule has 2 aromatic rings. The number of hydrogen-bond acceptors (Lipinski definition) is 4. The maximum atomic E-state index is 12.7. The van der Waals surface area contributed by atoms with Crippen LogP contribution in [-0.4, -0.2) is 37.5 Å². The van der Waals surface area contributed by atoms with Gasteiger partial charge in [0.2, 0.25) is 15.9 Å². The van der Waals surface area contributed by atoms with Crippen LogP contribution in [0.1, 0.15) is 33.6 Å². The molecule has 1 aliphatic heterocycles. The SMILES string of the molecule is NC(=O)c1ccc(S(=O)(=O)N2CCC(C(=O)c3ccccc3)CC2)cc1. The Morgan fingerprint density at radius 2 is 1.46 bits per heavy atom. The Kier molecular flexibility index (Phi) is 5.20. The fourth-order valence-electron chi connectivity index (χ4n) is 3.14. The molecular formula is C19H20N2O4S. The van der Waals surface area contributed by atoms with Crippen molar-refractivity contribution in [3.05, 3.63) is 65.7 Å². The second-order valence-corrected chi connectivity index (χ2v) is 8.24. The molecule has 3 rings (SSSR count). The van der Waals surface area contributed by atoms with Crippen LogP contribution in [-0.2, 0) is 10.0 Å². The number of nitrogens with two attached hydrogens (primary N) is 1. The molecular weight excluding hydrogens is 352 g/mol. The molecule has 0 radical (unpaired) electrons. The Bertz CT molecular complexity index is 900. The summed E-state index contributed by atoms with van der Waals surface area (Å²) in [5.74, 6) is -0.705. The highest BCUT2D eigenvalue weighted by atomic mass is 32.2. The molecule has 0 spiro atoms. The van der Waals surface area contributed by atoms with E-state index >= 15 is 0 Å². The van der Waals surface area contributed by atoms with Gasteiger partial charge in [0.1, 0.15) is 0 Å². The summed E-state index contributed by atoms with van der Waals surface area (Å²) < 4.78 is 26.9. The summed E-state index contributed by atoms with van der Waals surface area (Å²) in [4.78, 5) is 23.7. The first-order valence-electron chi connectivity index (χ1n) is 8.39. The van der Waals surface area contributed by atoms with E-state index < -0.39 is 15.9 Å². The summed E-state index contributed by atoms with van der Waals surface area (Å²) in [7, 11) is -3.65. The first-order chi connectivity index (χ1) is 12.4. The largest absolute Gasteiger partial charge is 0.366 e. The summed E-state index contributed by atoms with van der Waals surface area (Å²) >= 11 is 0. The van der Waals surface area contributed by atoms with Gasteiger partial charge < -0.3 is 5.73 Å². The van der Waals surface area contributed by atoms with Gasteiger partial charge in [-0.2, -0.15) is 4.31 Å². The molecule has 2 N–H and O–H groups in total. The number of sulfonamides is 1. The second-order valence-electron chi connectivity index (χ2n) is 6.30. The van der Waals surface area contributed by atoms with Crippen LogP contribution < -0.4 is 5.73 Å². The molecule has 1 aliphatic rings.